The van der Waals surface area contributed by atoms with Gasteiger partial charge in [-0.25, -0.2) is 9.59 Å². The number of amides is 4. The molecule has 6 rings (SSSR count). The van der Waals surface area contributed by atoms with E-state index in [0.29, 0.717) is 44.5 Å². The normalized spacial score (nSPS) is 18.2. The van der Waals surface area contributed by atoms with Crippen LogP contribution in [0.4, 0.5) is 22.8 Å². The second-order valence-corrected chi connectivity index (χ2v) is 15.2. The highest BCUT2D eigenvalue weighted by Crippen LogP contribution is 2.43. The molecular formula is C39H48F3N5O7. The summed E-state index contributed by atoms with van der Waals surface area (Å²) in [5.74, 6) is -0.426. The molecule has 15 heteroatoms. The first-order valence-corrected chi connectivity index (χ1v) is 18.7. The van der Waals surface area contributed by atoms with Crippen molar-refractivity contribution in [3.05, 3.63) is 59.5 Å². The largest absolute Gasteiger partial charge is 0.456 e. The number of aromatic nitrogens is 2. The number of para-hydroxylation sites is 1. The molecule has 0 radical (unpaired) electrons. The summed E-state index contributed by atoms with van der Waals surface area (Å²) < 4.78 is 65.4. The molecule has 3 saturated heterocycles. The number of unbranched alkanes of at least 4 members (excludes halogenated alkanes) is 1. The minimum Gasteiger partial charge on any atom is -0.456 e. The Balaban J connectivity index is 1.21. The number of imide groups is 1. The molecule has 3 aliphatic rings. The fourth-order valence-electron chi connectivity index (χ4n) is 7.36. The number of carbonyl (C=O) groups is 3. The van der Waals surface area contributed by atoms with Crippen molar-refractivity contribution in [2.24, 2.45) is 5.92 Å². The van der Waals surface area contributed by atoms with Crippen molar-refractivity contribution in [2.45, 2.75) is 96.3 Å². The molecule has 3 aromatic rings. The number of urea groups is 1. The fourth-order valence-corrected chi connectivity index (χ4v) is 7.36. The van der Waals surface area contributed by atoms with Crippen LogP contribution >= 0.6 is 0 Å². The van der Waals surface area contributed by atoms with E-state index in [4.69, 9.17) is 18.7 Å². The van der Waals surface area contributed by atoms with Crippen LogP contribution in [0.1, 0.15) is 89.7 Å². The number of benzene rings is 2. The lowest BCUT2D eigenvalue weighted by Crippen LogP contribution is -2.57. The number of likely N-dealkylation sites (tertiary alicyclic amines) is 1. The Morgan fingerprint density at radius 2 is 1.70 bits per heavy atom. The Bertz CT molecular complexity index is 1810. The monoisotopic (exact) mass is 755 g/mol. The second kappa shape index (κ2) is 16.0. The summed E-state index contributed by atoms with van der Waals surface area (Å²) >= 11 is 0. The van der Waals surface area contributed by atoms with E-state index >= 15 is 0 Å². The number of halogens is 3. The molecule has 0 saturated carbocycles. The van der Waals surface area contributed by atoms with Gasteiger partial charge in [-0.15, -0.1) is 0 Å². The molecule has 3 fully saturated rings. The summed E-state index contributed by atoms with van der Waals surface area (Å²) in [5, 5.41) is 3.92. The molecule has 1 aromatic heterocycles. The van der Waals surface area contributed by atoms with Crippen LogP contribution in [-0.2, 0) is 32.4 Å². The first-order valence-electron chi connectivity index (χ1n) is 18.7. The number of hydrogen-bond acceptors (Lipinski definition) is 9. The lowest BCUT2D eigenvalue weighted by atomic mass is 9.85. The molecule has 54 heavy (non-hydrogen) atoms. The highest BCUT2D eigenvalue weighted by molar-refractivity contribution is 6.07. The maximum Gasteiger partial charge on any atom is 0.420 e. The molecule has 0 N–H and O–H groups in total. The van der Waals surface area contributed by atoms with E-state index in [9.17, 15) is 27.6 Å². The van der Waals surface area contributed by atoms with E-state index in [0.717, 1.165) is 42.2 Å². The van der Waals surface area contributed by atoms with Crippen molar-refractivity contribution in [3.8, 4) is 22.9 Å². The molecule has 12 nitrogen and oxygen atoms in total. The molecule has 2 aromatic carbocycles. The number of nitrogens with zero attached hydrogens (tertiary/aromatic N) is 5. The third-order valence-corrected chi connectivity index (χ3v) is 10.5. The third-order valence-electron chi connectivity index (χ3n) is 10.5. The predicted molar refractivity (Wildman–Crippen MR) is 191 cm³/mol. The van der Waals surface area contributed by atoms with Gasteiger partial charge in [0.1, 0.15) is 23.6 Å². The predicted octanol–water partition coefficient (Wildman–Crippen LogP) is 8.20. The van der Waals surface area contributed by atoms with Crippen molar-refractivity contribution >= 4 is 18.0 Å². The van der Waals surface area contributed by atoms with Crippen LogP contribution in [0, 0.1) is 5.92 Å². The Morgan fingerprint density at radius 1 is 1.00 bits per heavy atom. The van der Waals surface area contributed by atoms with Gasteiger partial charge in [-0.1, -0.05) is 57.5 Å². The van der Waals surface area contributed by atoms with Gasteiger partial charge in [-0.3, -0.25) is 9.69 Å². The molecule has 4 heterocycles. The van der Waals surface area contributed by atoms with E-state index in [-0.39, 0.29) is 60.9 Å². The smallest absolute Gasteiger partial charge is 0.420 e. The molecule has 292 valence electrons. The first kappa shape index (κ1) is 39.0. The minimum absolute atomic E-state index is 0.0145. The zero-order chi connectivity index (χ0) is 38.7. The number of carbonyl (C=O) groups excluding carboxylic acids is 3. The van der Waals surface area contributed by atoms with Gasteiger partial charge in [-0.05, 0) is 74.1 Å². The molecule has 0 aliphatic carbocycles. The van der Waals surface area contributed by atoms with Gasteiger partial charge >= 0.3 is 18.3 Å². The number of ether oxygens (including phenoxy) is 3. The van der Waals surface area contributed by atoms with E-state index in [2.05, 4.69) is 10.1 Å². The molecule has 1 spiro atoms. The van der Waals surface area contributed by atoms with Gasteiger partial charge in [0.05, 0.1) is 12.2 Å². The summed E-state index contributed by atoms with van der Waals surface area (Å²) in [6.45, 7) is 9.90. The van der Waals surface area contributed by atoms with Crippen molar-refractivity contribution < 1.29 is 46.3 Å². The fraction of sp³-hybridized carbons (Fsp3) is 0.564. The Labute approximate surface area is 312 Å². The highest BCUT2D eigenvalue weighted by Gasteiger charge is 2.58. The van der Waals surface area contributed by atoms with Crippen molar-refractivity contribution in [3.63, 3.8) is 0 Å². The Morgan fingerprint density at radius 3 is 2.39 bits per heavy atom. The zero-order valence-electron chi connectivity index (χ0n) is 31.2. The lowest BCUT2D eigenvalue weighted by Gasteiger charge is -2.42. The van der Waals surface area contributed by atoms with Gasteiger partial charge in [0.15, 0.2) is 0 Å². The lowest BCUT2D eigenvalue weighted by molar-refractivity contribution is -0.138. The van der Waals surface area contributed by atoms with Gasteiger partial charge in [0.2, 0.25) is 11.7 Å². The van der Waals surface area contributed by atoms with E-state index in [1.165, 1.54) is 12.1 Å². The standard InChI is InChI=1S/C39H48F3N5O7/c1-5-6-21-52-36(50)45-19-16-38(17-20-45)34(48)46(35(49)47(38)18-13-26-14-22-51-23-15-26)25-32-43-33(44-54-32)27-11-12-31(29(24-27)39(40,41)42)53-30-10-8-7-9-28(30)37(2,3)4/h7-12,24,26H,5-6,13-23,25H2,1-4H3. The van der Waals surface area contributed by atoms with Crippen LogP contribution < -0.4 is 4.74 Å². The number of rotatable bonds is 11. The molecule has 0 unspecified atom stereocenters. The molecule has 3 aliphatic heterocycles. The zero-order valence-corrected chi connectivity index (χ0v) is 31.2. The Kier molecular flexibility index (Phi) is 11.6. The quantitative estimate of drug-likeness (QED) is 0.141. The average Bonchev–Trinajstić information content (AvgIpc) is 3.68. The Hall–Kier alpha value is -4.66. The maximum absolute atomic E-state index is 14.4. The minimum atomic E-state index is -4.77. The molecule has 0 bridgehead atoms. The molecule has 0 atom stereocenters. The van der Waals surface area contributed by atoms with E-state index in [1.54, 1.807) is 28.0 Å². The van der Waals surface area contributed by atoms with Gasteiger partial charge in [-0.2, -0.15) is 18.2 Å². The average molecular weight is 756 g/mol. The van der Waals surface area contributed by atoms with E-state index in [1.807, 2.05) is 33.8 Å². The van der Waals surface area contributed by atoms with Crippen LogP contribution in [0.25, 0.3) is 11.4 Å². The first-order chi connectivity index (χ1) is 25.7. The van der Waals surface area contributed by atoms with Gasteiger partial charge in [0, 0.05) is 44.0 Å². The third kappa shape index (κ3) is 8.35. The van der Waals surface area contributed by atoms with Crippen LogP contribution in [0.5, 0.6) is 11.5 Å². The summed E-state index contributed by atoms with van der Waals surface area (Å²) in [4.78, 5) is 49.5. The van der Waals surface area contributed by atoms with Crippen molar-refractivity contribution in [1.29, 1.82) is 0 Å². The maximum atomic E-state index is 14.4. The summed E-state index contributed by atoms with van der Waals surface area (Å²) in [6.07, 6.45) is -0.703. The van der Waals surface area contributed by atoms with Crippen molar-refractivity contribution in [2.75, 3.05) is 39.5 Å². The van der Waals surface area contributed by atoms with E-state index < -0.39 is 35.3 Å². The second-order valence-electron chi connectivity index (χ2n) is 15.2. The topological polar surface area (TPSA) is 128 Å². The van der Waals surface area contributed by atoms with Gasteiger partial charge < -0.3 is 28.5 Å². The molecule has 4 amide bonds. The summed E-state index contributed by atoms with van der Waals surface area (Å²) in [5.41, 5.74) is -1.82. The van der Waals surface area contributed by atoms with Crippen molar-refractivity contribution in [1.82, 2.24) is 24.8 Å². The summed E-state index contributed by atoms with van der Waals surface area (Å²) in [7, 11) is 0. The number of piperidine rings is 1. The van der Waals surface area contributed by atoms with Crippen LogP contribution in [0.3, 0.4) is 0 Å². The van der Waals surface area contributed by atoms with Gasteiger partial charge in [0.25, 0.3) is 5.91 Å². The van der Waals surface area contributed by atoms with Crippen LogP contribution in [0.15, 0.2) is 47.0 Å². The summed E-state index contributed by atoms with van der Waals surface area (Å²) in [6, 6.07) is 9.95. The highest BCUT2D eigenvalue weighted by atomic mass is 19.4. The number of alkyl halides is 3. The number of hydrogen-bond donors (Lipinski definition) is 0. The SMILES string of the molecule is CCCCOC(=O)N1CCC2(CC1)C(=O)N(Cc1nc(-c3ccc(Oc4ccccc4C(C)(C)C)c(C(F)(F)F)c3)no1)C(=O)N2CCC1CCOCC1. The van der Waals surface area contributed by atoms with Crippen LogP contribution in [-0.4, -0.2) is 87.9 Å². The molecular weight excluding hydrogens is 707 g/mol. The van der Waals surface area contributed by atoms with Crippen LogP contribution in [0.2, 0.25) is 0 Å².